The second kappa shape index (κ2) is 12.9. The van der Waals surface area contributed by atoms with E-state index in [1.165, 1.54) is 51.4 Å². The molecule has 0 aromatic carbocycles. The molecule has 0 saturated heterocycles. The summed E-state index contributed by atoms with van der Waals surface area (Å²) >= 11 is 0. The van der Waals surface area contributed by atoms with Crippen molar-refractivity contribution in [1.29, 1.82) is 0 Å². The van der Waals surface area contributed by atoms with E-state index < -0.39 is 0 Å². The normalized spacial score (nSPS) is 12.4. The van der Waals surface area contributed by atoms with Crippen LogP contribution in [0.2, 0.25) is 0 Å². The lowest BCUT2D eigenvalue weighted by molar-refractivity contribution is -0.148. The summed E-state index contributed by atoms with van der Waals surface area (Å²) in [4.78, 5) is 11.6. The molecule has 0 bridgehead atoms. The van der Waals surface area contributed by atoms with Crippen LogP contribution in [-0.2, 0) is 9.53 Å². The van der Waals surface area contributed by atoms with Gasteiger partial charge in [-0.05, 0) is 26.2 Å². The van der Waals surface area contributed by atoms with Gasteiger partial charge in [-0.15, -0.1) is 0 Å². The average Bonchev–Trinajstić information content (AvgIpc) is 2.34. The van der Waals surface area contributed by atoms with Gasteiger partial charge in [0.2, 0.25) is 0 Å². The molecule has 0 unspecified atom stereocenters. The van der Waals surface area contributed by atoms with Gasteiger partial charge >= 0.3 is 5.97 Å². The molecule has 0 rings (SSSR count). The van der Waals surface area contributed by atoms with Crippen LogP contribution in [0.5, 0.6) is 0 Å². The van der Waals surface area contributed by atoms with Gasteiger partial charge in [0.05, 0.1) is 6.10 Å². The van der Waals surface area contributed by atoms with Gasteiger partial charge in [0.1, 0.15) is 0 Å². The number of carbonyl (C=O) groups is 1. The number of ether oxygens (including phenoxy) is 1. The molecule has 0 aliphatic heterocycles. The second-order valence-corrected chi connectivity index (χ2v) is 5.31. The summed E-state index contributed by atoms with van der Waals surface area (Å²) in [5.41, 5.74) is 0. The molecule has 0 spiro atoms. The van der Waals surface area contributed by atoms with Crippen LogP contribution in [0, 0.1) is 0 Å². The zero-order chi connectivity index (χ0) is 13.6. The van der Waals surface area contributed by atoms with Crippen LogP contribution in [0.4, 0.5) is 0 Å². The Kier molecular flexibility index (Phi) is 12.5. The maximum Gasteiger partial charge on any atom is 0.306 e. The Labute approximate surface area is 113 Å². The van der Waals surface area contributed by atoms with E-state index in [0.717, 1.165) is 12.8 Å². The summed E-state index contributed by atoms with van der Waals surface area (Å²) < 4.78 is 5.39. The number of carbonyl (C=O) groups excluding carboxylic acids is 1. The van der Waals surface area contributed by atoms with Gasteiger partial charge in [-0.3, -0.25) is 4.79 Å². The summed E-state index contributed by atoms with van der Waals surface area (Å²) in [6.07, 6.45) is 12.6. The molecule has 0 amide bonds. The first kappa shape index (κ1) is 17.5. The summed E-state index contributed by atoms with van der Waals surface area (Å²) in [7, 11) is 0. The Bertz CT molecular complexity index is 190. The van der Waals surface area contributed by atoms with Crippen molar-refractivity contribution in [3.63, 3.8) is 0 Å². The van der Waals surface area contributed by atoms with Crippen molar-refractivity contribution in [2.45, 2.75) is 97.5 Å². The molecule has 1 atom stereocenters. The fourth-order valence-corrected chi connectivity index (χ4v) is 2.07. The van der Waals surface area contributed by atoms with Crippen molar-refractivity contribution in [1.82, 2.24) is 0 Å². The number of rotatable bonds is 12. The largest absolute Gasteiger partial charge is 0.463 e. The van der Waals surface area contributed by atoms with Crippen molar-refractivity contribution >= 4 is 5.97 Å². The van der Waals surface area contributed by atoms with Gasteiger partial charge in [0, 0.05) is 6.42 Å². The van der Waals surface area contributed by atoms with Crippen LogP contribution in [0.25, 0.3) is 0 Å². The minimum Gasteiger partial charge on any atom is -0.463 e. The third-order valence-corrected chi connectivity index (χ3v) is 3.28. The van der Waals surface area contributed by atoms with E-state index >= 15 is 0 Å². The van der Waals surface area contributed by atoms with Crippen molar-refractivity contribution in [3.05, 3.63) is 0 Å². The summed E-state index contributed by atoms with van der Waals surface area (Å²) in [5, 5.41) is 0. The molecule has 0 aliphatic rings. The highest BCUT2D eigenvalue weighted by Gasteiger charge is 2.08. The Morgan fingerprint density at radius 2 is 1.44 bits per heavy atom. The van der Waals surface area contributed by atoms with Gasteiger partial charge in [0.15, 0.2) is 0 Å². The third kappa shape index (κ3) is 11.9. The van der Waals surface area contributed by atoms with Gasteiger partial charge in [0.25, 0.3) is 0 Å². The van der Waals surface area contributed by atoms with E-state index in [1.807, 2.05) is 6.92 Å². The Balaban J connectivity index is 3.35. The fourth-order valence-electron chi connectivity index (χ4n) is 2.07. The molecule has 0 heterocycles. The lowest BCUT2D eigenvalue weighted by Gasteiger charge is -2.12. The molecule has 0 N–H and O–H groups in total. The first-order valence-electron chi connectivity index (χ1n) is 7.90. The van der Waals surface area contributed by atoms with E-state index in [4.69, 9.17) is 4.74 Å². The Morgan fingerprint density at radius 3 is 2.11 bits per heavy atom. The van der Waals surface area contributed by atoms with Crippen LogP contribution in [0.3, 0.4) is 0 Å². The zero-order valence-electron chi connectivity index (χ0n) is 12.7. The Hall–Kier alpha value is -0.530. The predicted molar refractivity (Wildman–Crippen MR) is 77.7 cm³/mol. The maximum absolute atomic E-state index is 11.6. The molecule has 0 fully saturated rings. The lowest BCUT2D eigenvalue weighted by Crippen LogP contribution is -2.14. The first-order valence-corrected chi connectivity index (χ1v) is 7.90. The molecule has 108 valence electrons. The van der Waals surface area contributed by atoms with Crippen molar-refractivity contribution in [2.24, 2.45) is 0 Å². The minimum atomic E-state index is -0.00510. The SMILES string of the molecule is CCCCCCCCC(=O)O[C@@H](C)CCCCC. The standard InChI is InChI=1S/C16H32O2/c1-4-6-8-9-10-12-14-16(17)18-15(3)13-11-7-5-2/h15H,4-14H2,1-3H3/t15-/m0/s1. The van der Waals surface area contributed by atoms with E-state index in [2.05, 4.69) is 13.8 Å². The average molecular weight is 256 g/mol. The molecular formula is C16H32O2. The first-order chi connectivity index (χ1) is 8.70. The fraction of sp³-hybridized carbons (Fsp3) is 0.938. The van der Waals surface area contributed by atoms with Gasteiger partial charge < -0.3 is 4.74 Å². The number of unbranched alkanes of at least 4 members (excludes halogenated alkanes) is 7. The topological polar surface area (TPSA) is 26.3 Å². The molecule has 0 aromatic heterocycles. The molecule has 0 saturated carbocycles. The van der Waals surface area contributed by atoms with Crippen molar-refractivity contribution < 1.29 is 9.53 Å². The van der Waals surface area contributed by atoms with E-state index in [1.54, 1.807) is 0 Å². The molecule has 2 nitrogen and oxygen atoms in total. The number of hydrogen-bond donors (Lipinski definition) is 0. The van der Waals surface area contributed by atoms with Crippen LogP contribution >= 0.6 is 0 Å². The molecule has 2 heteroatoms. The van der Waals surface area contributed by atoms with Crippen molar-refractivity contribution in [3.8, 4) is 0 Å². The summed E-state index contributed by atoms with van der Waals surface area (Å²) in [6.45, 7) is 6.42. The number of esters is 1. The number of hydrogen-bond acceptors (Lipinski definition) is 2. The smallest absolute Gasteiger partial charge is 0.306 e. The quantitative estimate of drug-likeness (QED) is 0.352. The van der Waals surface area contributed by atoms with E-state index in [-0.39, 0.29) is 12.1 Å². The van der Waals surface area contributed by atoms with Crippen LogP contribution < -0.4 is 0 Å². The van der Waals surface area contributed by atoms with Gasteiger partial charge in [-0.1, -0.05) is 58.8 Å². The van der Waals surface area contributed by atoms with Crippen LogP contribution in [0.15, 0.2) is 0 Å². The second-order valence-electron chi connectivity index (χ2n) is 5.31. The van der Waals surface area contributed by atoms with Crippen LogP contribution in [0.1, 0.15) is 91.4 Å². The minimum absolute atomic E-state index is 0.00510. The summed E-state index contributed by atoms with van der Waals surface area (Å²) in [5.74, 6) is -0.00510. The molecule has 0 aliphatic carbocycles. The molecule has 0 aromatic rings. The summed E-state index contributed by atoms with van der Waals surface area (Å²) in [6, 6.07) is 0. The highest BCUT2D eigenvalue weighted by molar-refractivity contribution is 5.69. The van der Waals surface area contributed by atoms with E-state index in [0.29, 0.717) is 6.42 Å². The van der Waals surface area contributed by atoms with E-state index in [9.17, 15) is 4.79 Å². The third-order valence-electron chi connectivity index (χ3n) is 3.28. The maximum atomic E-state index is 11.6. The highest BCUT2D eigenvalue weighted by atomic mass is 16.5. The van der Waals surface area contributed by atoms with Crippen LogP contribution in [-0.4, -0.2) is 12.1 Å². The lowest BCUT2D eigenvalue weighted by atomic mass is 10.1. The molecule has 18 heavy (non-hydrogen) atoms. The predicted octanol–water partition coefficient (Wildman–Crippen LogP) is 5.25. The van der Waals surface area contributed by atoms with Gasteiger partial charge in [-0.2, -0.15) is 0 Å². The van der Waals surface area contributed by atoms with Crippen molar-refractivity contribution in [2.75, 3.05) is 0 Å². The monoisotopic (exact) mass is 256 g/mol. The molecule has 0 radical (unpaired) electrons. The zero-order valence-corrected chi connectivity index (χ0v) is 12.7. The molecular weight excluding hydrogens is 224 g/mol. The van der Waals surface area contributed by atoms with Gasteiger partial charge in [-0.25, -0.2) is 0 Å². The Morgan fingerprint density at radius 1 is 0.889 bits per heavy atom. The highest BCUT2D eigenvalue weighted by Crippen LogP contribution is 2.10.